The number of nitrogens with zero attached hydrogens (tertiary/aromatic N) is 5. The zero-order chi connectivity index (χ0) is 31.1. The molecule has 2 atom stereocenters. The number of piperidine rings is 1. The van der Waals surface area contributed by atoms with Gasteiger partial charge in [0, 0.05) is 37.7 Å². The topological polar surface area (TPSA) is 90.6 Å². The molecule has 1 amide bonds. The Balaban J connectivity index is 0.00000301. The number of aromatic nitrogens is 2. The minimum Gasteiger partial charge on any atom is -0.354 e. The van der Waals surface area contributed by atoms with Gasteiger partial charge < -0.3 is 10.2 Å². The largest absolute Gasteiger partial charge is 0.354 e. The lowest BCUT2D eigenvalue weighted by Gasteiger charge is -2.30. The normalized spacial score (nSPS) is 15.3. The summed E-state index contributed by atoms with van der Waals surface area (Å²) in [4.78, 5) is 27.2. The Hall–Kier alpha value is -2.97. The highest BCUT2D eigenvalue weighted by Gasteiger charge is 2.23. The SMILES string of the molecule is CC.CCNc1ncc(C(=O)N(CCC(C)CC)c2cccc(N(N)/C=C(/CN3CCCCC3)C(C)CC)c2)c(C)n1. The van der Waals surface area contributed by atoms with Crippen LogP contribution in [0.2, 0.25) is 0 Å². The molecule has 0 bridgehead atoms. The molecule has 1 aromatic heterocycles. The van der Waals surface area contributed by atoms with E-state index in [1.54, 1.807) is 11.2 Å². The third-order valence-corrected chi connectivity index (χ3v) is 8.18. The molecular formula is C34H57N7O. The van der Waals surface area contributed by atoms with E-state index in [0.29, 0.717) is 35.6 Å². The van der Waals surface area contributed by atoms with Gasteiger partial charge in [0.05, 0.1) is 16.9 Å². The molecule has 1 fully saturated rings. The van der Waals surface area contributed by atoms with Crippen molar-refractivity contribution < 1.29 is 4.79 Å². The van der Waals surface area contributed by atoms with Crippen LogP contribution in [0.15, 0.2) is 42.2 Å². The maximum Gasteiger partial charge on any atom is 0.261 e. The fourth-order valence-electron chi connectivity index (χ4n) is 5.00. The number of benzene rings is 1. The van der Waals surface area contributed by atoms with E-state index in [1.165, 1.54) is 24.8 Å². The molecule has 8 nitrogen and oxygen atoms in total. The van der Waals surface area contributed by atoms with E-state index < -0.39 is 0 Å². The summed E-state index contributed by atoms with van der Waals surface area (Å²) < 4.78 is 0. The number of rotatable bonds is 14. The van der Waals surface area contributed by atoms with E-state index in [9.17, 15) is 4.79 Å². The molecule has 1 aromatic carbocycles. The number of carbonyl (C=O) groups excluding carboxylic acids is 1. The second kappa shape index (κ2) is 18.5. The molecule has 8 heteroatoms. The molecule has 3 N–H and O–H groups in total. The standard InChI is InChI=1S/C32H51N7O.C2H6/c1-7-24(4)16-19-38(31(40)30-21-35-32(34-9-3)36-26(30)6)28-14-13-15-29(20-28)39(33)23-27(25(5)8-2)22-37-17-11-10-12-18-37;1-2/h13-15,20-21,23-25H,7-12,16-19,22,33H2,1-6H3,(H,34,35,36);1-2H3/b27-23-;. The van der Waals surface area contributed by atoms with Gasteiger partial charge in [-0.3, -0.25) is 14.7 Å². The van der Waals surface area contributed by atoms with Crippen molar-refractivity contribution >= 4 is 23.2 Å². The van der Waals surface area contributed by atoms with Crippen molar-refractivity contribution in [3.8, 4) is 0 Å². The van der Waals surface area contributed by atoms with Crippen LogP contribution in [0.4, 0.5) is 17.3 Å². The number of aryl methyl sites for hydroxylation is 1. The molecule has 0 spiro atoms. The number of amides is 1. The number of nitrogens with two attached hydrogens (primary N) is 1. The first-order valence-corrected chi connectivity index (χ1v) is 16.2. The average molecular weight is 580 g/mol. The van der Waals surface area contributed by atoms with Gasteiger partial charge in [-0.25, -0.2) is 15.8 Å². The van der Waals surface area contributed by atoms with Crippen molar-refractivity contribution in [2.24, 2.45) is 17.7 Å². The zero-order valence-electron chi connectivity index (χ0n) is 27.6. The summed E-state index contributed by atoms with van der Waals surface area (Å²) in [6.07, 6.45) is 10.6. The number of likely N-dealkylation sites (tertiary alicyclic amines) is 1. The average Bonchev–Trinajstić information content (AvgIpc) is 3.02. The van der Waals surface area contributed by atoms with E-state index in [2.05, 4.69) is 54.1 Å². The third kappa shape index (κ3) is 10.4. The maximum atomic E-state index is 13.9. The lowest BCUT2D eigenvalue weighted by molar-refractivity contribution is 0.0984. The predicted molar refractivity (Wildman–Crippen MR) is 179 cm³/mol. The van der Waals surface area contributed by atoms with Crippen molar-refractivity contribution in [1.29, 1.82) is 0 Å². The molecule has 0 aliphatic carbocycles. The van der Waals surface area contributed by atoms with Crippen molar-refractivity contribution in [2.45, 2.75) is 93.9 Å². The van der Waals surface area contributed by atoms with Gasteiger partial charge in [0.15, 0.2) is 0 Å². The van der Waals surface area contributed by atoms with Crippen molar-refractivity contribution in [3.63, 3.8) is 0 Å². The molecule has 42 heavy (non-hydrogen) atoms. The van der Waals surface area contributed by atoms with E-state index >= 15 is 0 Å². The summed E-state index contributed by atoms with van der Waals surface area (Å²) in [5.41, 5.74) is 4.21. The fraction of sp³-hybridized carbons (Fsp3) is 0.618. The molecule has 3 rings (SSSR count). The summed E-state index contributed by atoms with van der Waals surface area (Å²) in [6, 6.07) is 7.99. The summed E-state index contributed by atoms with van der Waals surface area (Å²) in [6.45, 7) is 21.4. The first kappa shape index (κ1) is 35.2. The van der Waals surface area contributed by atoms with Gasteiger partial charge in [-0.05, 0) is 88.2 Å². The van der Waals surface area contributed by atoms with Crippen LogP contribution in [-0.4, -0.2) is 53.5 Å². The monoisotopic (exact) mass is 579 g/mol. The van der Waals surface area contributed by atoms with E-state index in [4.69, 9.17) is 5.84 Å². The molecule has 2 heterocycles. The highest BCUT2D eigenvalue weighted by Crippen LogP contribution is 2.27. The van der Waals surface area contributed by atoms with Crippen LogP contribution in [0.1, 0.15) is 103 Å². The Morgan fingerprint density at radius 3 is 2.40 bits per heavy atom. The quantitative estimate of drug-likeness (QED) is 0.178. The van der Waals surface area contributed by atoms with Crippen LogP contribution < -0.4 is 21.1 Å². The number of hydrogen-bond donors (Lipinski definition) is 2. The highest BCUT2D eigenvalue weighted by molar-refractivity contribution is 6.06. The van der Waals surface area contributed by atoms with E-state index in [-0.39, 0.29) is 5.91 Å². The maximum absolute atomic E-state index is 13.9. The van der Waals surface area contributed by atoms with Gasteiger partial charge in [-0.2, -0.15) is 0 Å². The van der Waals surface area contributed by atoms with Gasteiger partial charge in [0.2, 0.25) is 5.95 Å². The minimum absolute atomic E-state index is 0.0921. The lowest BCUT2D eigenvalue weighted by atomic mass is 9.97. The first-order valence-electron chi connectivity index (χ1n) is 16.2. The first-order chi connectivity index (χ1) is 20.3. The number of anilines is 3. The Labute approximate surface area is 255 Å². The third-order valence-electron chi connectivity index (χ3n) is 8.18. The van der Waals surface area contributed by atoms with E-state index in [1.807, 2.05) is 56.9 Å². The van der Waals surface area contributed by atoms with Crippen LogP contribution in [0.3, 0.4) is 0 Å². The number of hydrazine groups is 1. The van der Waals surface area contributed by atoms with Crippen LogP contribution in [-0.2, 0) is 0 Å². The minimum atomic E-state index is -0.0921. The number of nitrogens with one attached hydrogen (secondary N) is 1. The summed E-state index contributed by atoms with van der Waals surface area (Å²) >= 11 is 0. The highest BCUT2D eigenvalue weighted by atomic mass is 16.2. The van der Waals surface area contributed by atoms with Gasteiger partial charge in [-0.15, -0.1) is 0 Å². The molecule has 1 aliphatic heterocycles. The summed E-state index contributed by atoms with van der Waals surface area (Å²) in [7, 11) is 0. The molecule has 0 saturated carbocycles. The molecule has 2 unspecified atom stereocenters. The van der Waals surface area contributed by atoms with Crippen LogP contribution in [0.5, 0.6) is 0 Å². The summed E-state index contributed by atoms with van der Waals surface area (Å²) in [5.74, 6) is 8.07. The zero-order valence-corrected chi connectivity index (χ0v) is 27.6. The number of carbonyl (C=O) groups is 1. The Morgan fingerprint density at radius 1 is 1.10 bits per heavy atom. The van der Waals surface area contributed by atoms with Gasteiger partial charge in [0.25, 0.3) is 5.91 Å². The second-order valence-electron chi connectivity index (χ2n) is 11.3. The van der Waals surface area contributed by atoms with Crippen molar-refractivity contribution in [3.05, 3.63) is 53.5 Å². The van der Waals surface area contributed by atoms with Crippen LogP contribution in [0, 0.1) is 18.8 Å². The Kier molecular flexibility index (Phi) is 15.6. The van der Waals surface area contributed by atoms with Gasteiger partial charge in [-0.1, -0.05) is 60.5 Å². The molecule has 234 valence electrons. The van der Waals surface area contributed by atoms with Gasteiger partial charge in [0.1, 0.15) is 0 Å². The van der Waals surface area contributed by atoms with Crippen LogP contribution >= 0.6 is 0 Å². The Bertz CT molecular complexity index is 1110. The number of hydrogen-bond acceptors (Lipinski definition) is 7. The predicted octanol–water partition coefficient (Wildman–Crippen LogP) is 7.42. The molecular weight excluding hydrogens is 522 g/mol. The fourth-order valence-corrected chi connectivity index (χ4v) is 5.00. The molecule has 1 aliphatic rings. The second-order valence-corrected chi connectivity index (χ2v) is 11.3. The molecule has 0 radical (unpaired) electrons. The molecule has 2 aromatic rings. The van der Waals surface area contributed by atoms with Crippen molar-refractivity contribution in [1.82, 2.24) is 14.9 Å². The molecule has 1 saturated heterocycles. The summed E-state index contributed by atoms with van der Waals surface area (Å²) in [5, 5.41) is 4.85. The smallest absolute Gasteiger partial charge is 0.261 e. The van der Waals surface area contributed by atoms with Crippen molar-refractivity contribution in [2.75, 3.05) is 47.9 Å². The van der Waals surface area contributed by atoms with Crippen LogP contribution in [0.25, 0.3) is 0 Å². The lowest BCUT2D eigenvalue weighted by Crippen LogP contribution is -2.35. The van der Waals surface area contributed by atoms with E-state index in [0.717, 1.165) is 56.8 Å². The van der Waals surface area contributed by atoms with Gasteiger partial charge >= 0.3 is 0 Å². The Morgan fingerprint density at radius 2 is 1.79 bits per heavy atom.